The average molecular weight is 330 g/mol. The van der Waals surface area contributed by atoms with Crippen LogP contribution in [0.2, 0.25) is 0 Å². The van der Waals surface area contributed by atoms with Gasteiger partial charge in [0, 0.05) is 0 Å². The maximum Gasteiger partial charge on any atom is 0.232 e. The van der Waals surface area contributed by atoms with Gasteiger partial charge in [0.15, 0.2) is 0 Å². The quantitative estimate of drug-likeness (QED) is 0.681. The molecule has 1 aliphatic rings. The summed E-state index contributed by atoms with van der Waals surface area (Å²) in [5.74, 6) is -0.0955. The molecule has 2 rings (SSSR count). The minimum absolute atomic E-state index is 0.0424. The van der Waals surface area contributed by atoms with Crippen LogP contribution < -0.4 is 0 Å². The van der Waals surface area contributed by atoms with Crippen molar-refractivity contribution in [2.24, 2.45) is 4.99 Å². The van der Waals surface area contributed by atoms with Crippen LogP contribution in [0.5, 0.6) is 0 Å². The van der Waals surface area contributed by atoms with E-state index in [1.807, 2.05) is 26.8 Å². The van der Waals surface area contributed by atoms with E-state index in [1.165, 1.54) is 0 Å². The molecule has 0 saturated heterocycles. The molecule has 1 heterocycles. The molecule has 0 unspecified atom stereocenters. The molecule has 0 aliphatic carbocycles. The second-order valence-corrected chi connectivity index (χ2v) is 9.67. The molecule has 0 bridgehead atoms. The van der Waals surface area contributed by atoms with Crippen LogP contribution in [0, 0.1) is 0 Å². The SMILES string of the molecule is CC(C)(C)c1cc2c(c(C(C)(C)C)c1)C(=O)C(N(O)C(C)(C)C)=N2. The average Bonchev–Trinajstić information content (AvgIpc) is 2.71. The summed E-state index contributed by atoms with van der Waals surface area (Å²) in [5.41, 5.74) is 2.59. The Kier molecular flexibility index (Phi) is 4.21. The Morgan fingerprint density at radius 2 is 1.46 bits per heavy atom. The number of carbonyl (C=O) groups is 1. The number of carbonyl (C=O) groups excluding carboxylic acids is 1. The van der Waals surface area contributed by atoms with Crippen LogP contribution in [-0.2, 0) is 10.8 Å². The highest BCUT2D eigenvalue weighted by Crippen LogP contribution is 2.40. The maximum absolute atomic E-state index is 13.0. The number of fused-ring (bicyclic) bond motifs is 1. The van der Waals surface area contributed by atoms with Crippen LogP contribution in [-0.4, -0.2) is 27.4 Å². The van der Waals surface area contributed by atoms with Crippen molar-refractivity contribution in [1.29, 1.82) is 0 Å². The molecule has 24 heavy (non-hydrogen) atoms. The summed E-state index contributed by atoms with van der Waals surface area (Å²) in [5, 5.41) is 11.4. The molecule has 4 heteroatoms. The molecule has 0 spiro atoms. The molecule has 0 fully saturated rings. The Bertz CT molecular complexity index is 711. The Hall–Kier alpha value is -1.68. The van der Waals surface area contributed by atoms with Gasteiger partial charge >= 0.3 is 0 Å². The predicted octanol–water partition coefficient (Wildman–Crippen LogP) is 5.00. The van der Waals surface area contributed by atoms with E-state index in [0.29, 0.717) is 11.3 Å². The highest BCUT2D eigenvalue weighted by atomic mass is 16.5. The fraction of sp³-hybridized carbons (Fsp3) is 0.600. The summed E-state index contributed by atoms with van der Waals surface area (Å²) in [6.07, 6.45) is 0. The van der Waals surface area contributed by atoms with Crippen LogP contribution >= 0.6 is 0 Å². The summed E-state index contributed by atoms with van der Waals surface area (Å²) < 4.78 is 0. The number of rotatable bonds is 0. The predicted molar refractivity (Wildman–Crippen MR) is 98.6 cm³/mol. The second kappa shape index (κ2) is 5.41. The van der Waals surface area contributed by atoms with E-state index >= 15 is 0 Å². The Morgan fingerprint density at radius 3 is 1.88 bits per heavy atom. The zero-order chi connectivity index (χ0) is 18.7. The van der Waals surface area contributed by atoms with Crippen molar-refractivity contribution in [2.45, 2.75) is 78.7 Å². The van der Waals surface area contributed by atoms with Crippen LogP contribution in [0.3, 0.4) is 0 Å². The van der Waals surface area contributed by atoms with Gasteiger partial charge in [0.1, 0.15) is 0 Å². The first kappa shape index (κ1) is 18.7. The molecule has 1 aromatic carbocycles. The Labute approximate surface area is 145 Å². The molecular formula is C20H30N2O2. The number of nitrogens with zero attached hydrogens (tertiary/aromatic N) is 2. The van der Waals surface area contributed by atoms with Gasteiger partial charge in [0.05, 0.1) is 16.8 Å². The molecule has 1 N–H and O–H groups in total. The molecule has 0 amide bonds. The van der Waals surface area contributed by atoms with E-state index in [9.17, 15) is 10.0 Å². The van der Waals surface area contributed by atoms with Gasteiger partial charge in [-0.1, -0.05) is 47.6 Å². The lowest BCUT2D eigenvalue weighted by molar-refractivity contribution is -0.0839. The topological polar surface area (TPSA) is 52.9 Å². The number of hydrogen-bond acceptors (Lipinski definition) is 4. The van der Waals surface area contributed by atoms with Crippen LogP contribution in [0.25, 0.3) is 0 Å². The largest absolute Gasteiger partial charge is 0.286 e. The van der Waals surface area contributed by atoms with Crippen molar-refractivity contribution in [1.82, 2.24) is 5.06 Å². The molecular weight excluding hydrogens is 300 g/mol. The van der Waals surface area contributed by atoms with Gasteiger partial charge in [-0.25, -0.2) is 10.1 Å². The number of Topliss-reactive ketones (excluding diaryl/α,β-unsaturated/α-hetero) is 1. The standard InChI is InChI=1S/C20H30N2O2/c1-18(2,3)12-10-13(19(4,5)6)15-14(11-12)21-17(16(15)23)22(24)20(7,8)9/h10-11,24H,1-9H3. The van der Waals surface area contributed by atoms with Crippen LogP contribution in [0.4, 0.5) is 5.69 Å². The molecule has 1 aromatic rings. The van der Waals surface area contributed by atoms with Crippen molar-refractivity contribution < 1.29 is 10.0 Å². The lowest BCUT2D eigenvalue weighted by Crippen LogP contribution is -2.45. The number of hydroxylamine groups is 2. The third-order valence-electron chi connectivity index (χ3n) is 4.28. The number of amidine groups is 1. The van der Waals surface area contributed by atoms with Gasteiger partial charge < -0.3 is 0 Å². The van der Waals surface area contributed by atoms with Gasteiger partial charge in [-0.05, 0) is 48.8 Å². The molecule has 0 aromatic heterocycles. The highest BCUT2D eigenvalue weighted by Gasteiger charge is 2.38. The lowest BCUT2D eigenvalue weighted by Gasteiger charge is -2.30. The smallest absolute Gasteiger partial charge is 0.232 e. The molecule has 0 radical (unpaired) electrons. The van der Waals surface area contributed by atoms with E-state index in [-0.39, 0.29) is 22.4 Å². The van der Waals surface area contributed by atoms with Gasteiger partial charge in [0.2, 0.25) is 11.6 Å². The van der Waals surface area contributed by atoms with E-state index in [0.717, 1.165) is 16.2 Å². The fourth-order valence-electron chi connectivity index (χ4n) is 2.72. The lowest BCUT2D eigenvalue weighted by atomic mass is 9.77. The first-order chi connectivity index (χ1) is 10.6. The molecule has 132 valence electrons. The van der Waals surface area contributed by atoms with Gasteiger partial charge in [-0.2, -0.15) is 0 Å². The fourth-order valence-corrected chi connectivity index (χ4v) is 2.72. The summed E-state index contributed by atoms with van der Waals surface area (Å²) in [7, 11) is 0. The van der Waals surface area contributed by atoms with Crippen LogP contribution in [0.15, 0.2) is 17.1 Å². The van der Waals surface area contributed by atoms with Crippen molar-refractivity contribution in [3.63, 3.8) is 0 Å². The van der Waals surface area contributed by atoms with Gasteiger partial charge in [-0.15, -0.1) is 0 Å². The summed E-state index contributed by atoms with van der Waals surface area (Å²) >= 11 is 0. The van der Waals surface area contributed by atoms with E-state index < -0.39 is 5.54 Å². The summed E-state index contributed by atoms with van der Waals surface area (Å²) in [6.45, 7) is 18.3. The monoisotopic (exact) mass is 330 g/mol. The van der Waals surface area contributed by atoms with Crippen molar-refractivity contribution >= 4 is 17.3 Å². The number of ketones is 1. The third-order valence-corrected chi connectivity index (χ3v) is 4.28. The van der Waals surface area contributed by atoms with E-state index in [2.05, 4.69) is 52.6 Å². The molecule has 0 saturated carbocycles. The first-order valence-corrected chi connectivity index (χ1v) is 8.45. The minimum Gasteiger partial charge on any atom is -0.286 e. The van der Waals surface area contributed by atoms with Gasteiger partial charge in [0.25, 0.3) is 0 Å². The number of benzene rings is 1. The van der Waals surface area contributed by atoms with Crippen molar-refractivity contribution in [3.8, 4) is 0 Å². The number of aliphatic imine (C=N–C) groups is 1. The summed E-state index contributed by atoms with van der Waals surface area (Å²) in [6, 6.07) is 4.10. The van der Waals surface area contributed by atoms with E-state index in [4.69, 9.17) is 0 Å². The third kappa shape index (κ3) is 3.25. The first-order valence-electron chi connectivity index (χ1n) is 8.45. The molecule has 0 atom stereocenters. The van der Waals surface area contributed by atoms with Crippen molar-refractivity contribution in [2.75, 3.05) is 0 Å². The van der Waals surface area contributed by atoms with Gasteiger partial charge in [-0.3, -0.25) is 10.0 Å². The zero-order valence-corrected chi connectivity index (χ0v) is 16.4. The van der Waals surface area contributed by atoms with E-state index in [1.54, 1.807) is 0 Å². The summed E-state index contributed by atoms with van der Waals surface area (Å²) in [4.78, 5) is 17.5. The Balaban J connectivity index is 2.70. The number of hydrogen-bond donors (Lipinski definition) is 1. The highest BCUT2D eigenvalue weighted by molar-refractivity contribution is 6.49. The molecule has 4 nitrogen and oxygen atoms in total. The maximum atomic E-state index is 13.0. The van der Waals surface area contributed by atoms with Crippen molar-refractivity contribution in [3.05, 3.63) is 28.8 Å². The Morgan fingerprint density at radius 1 is 0.917 bits per heavy atom. The molecule has 1 aliphatic heterocycles. The normalized spacial score (nSPS) is 15.4. The minimum atomic E-state index is -0.592. The zero-order valence-electron chi connectivity index (χ0n) is 16.4. The second-order valence-electron chi connectivity index (χ2n) is 9.67. The van der Waals surface area contributed by atoms with Crippen LogP contribution in [0.1, 0.15) is 83.8 Å².